The van der Waals surface area contributed by atoms with Crippen LogP contribution in [0.5, 0.6) is 0 Å². The molecule has 8 nitrogen and oxygen atoms in total. The van der Waals surface area contributed by atoms with Gasteiger partial charge in [0.2, 0.25) is 5.91 Å². The van der Waals surface area contributed by atoms with E-state index >= 15 is 0 Å². The van der Waals surface area contributed by atoms with Crippen LogP contribution in [0.15, 0.2) is 67.0 Å². The number of nitrogens with one attached hydrogen (secondary N) is 2. The van der Waals surface area contributed by atoms with E-state index in [0.29, 0.717) is 12.1 Å². The zero-order valence-electron chi connectivity index (χ0n) is 18.7. The number of anilines is 1. The SMILES string of the molecule is CC(CCNC(=O)OCC1c2ccccc2-c2ccccc21)C(=O)Nc1cncc(C(=O)O)c1. The number of pyridine rings is 1. The summed E-state index contributed by atoms with van der Waals surface area (Å²) in [5, 5.41) is 14.4. The molecule has 3 N–H and O–H groups in total. The minimum absolute atomic E-state index is 0.0117. The van der Waals surface area contributed by atoms with Crippen LogP contribution in [0.3, 0.4) is 0 Å². The van der Waals surface area contributed by atoms with Gasteiger partial charge in [-0.15, -0.1) is 0 Å². The van der Waals surface area contributed by atoms with Crippen LogP contribution in [0.2, 0.25) is 0 Å². The quantitative estimate of drug-likeness (QED) is 0.463. The summed E-state index contributed by atoms with van der Waals surface area (Å²) in [6.07, 6.45) is 2.45. The summed E-state index contributed by atoms with van der Waals surface area (Å²) in [6.45, 7) is 2.21. The minimum Gasteiger partial charge on any atom is -0.478 e. The van der Waals surface area contributed by atoms with Crippen molar-refractivity contribution in [2.45, 2.75) is 19.3 Å². The highest BCUT2D eigenvalue weighted by molar-refractivity contribution is 5.94. The summed E-state index contributed by atoms with van der Waals surface area (Å²) in [4.78, 5) is 39.5. The van der Waals surface area contributed by atoms with Crippen molar-refractivity contribution in [1.82, 2.24) is 10.3 Å². The molecule has 3 aromatic rings. The highest BCUT2D eigenvalue weighted by atomic mass is 16.5. The number of aromatic carboxylic acids is 1. The number of benzene rings is 2. The van der Waals surface area contributed by atoms with Crippen LogP contribution >= 0.6 is 0 Å². The normalized spacial score (nSPS) is 12.9. The van der Waals surface area contributed by atoms with E-state index in [0.717, 1.165) is 22.3 Å². The molecule has 0 aliphatic heterocycles. The molecule has 34 heavy (non-hydrogen) atoms. The van der Waals surface area contributed by atoms with Crippen molar-refractivity contribution in [3.8, 4) is 11.1 Å². The lowest BCUT2D eigenvalue weighted by molar-refractivity contribution is -0.119. The molecular formula is C26H25N3O5. The van der Waals surface area contributed by atoms with E-state index in [4.69, 9.17) is 9.84 Å². The molecule has 2 amide bonds. The Hall–Kier alpha value is -4.20. The lowest BCUT2D eigenvalue weighted by Gasteiger charge is -2.15. The molecule has 0 radical (unpaired) electrons. The Morgan fingerprint density at radius 3 is 2.32 bits per heavy atom. The number of hydrogen-bond acceptors (Lipinski definition) is 5. The third-order valence-electron chi connectivity index (χ3n) is 5.89. The van der Waals surface area contributed by atoms with Crippen LogP contribution in [-0.2, 0) is 9.53 Å². The summed E-state index contributed by atoms with van der Waals surface area (Å²) in [5.41, 5.74) is 4.90. The van der Waals surface area contributed by atoms with Gasteiger partial charge in [0, 0.05) is 24.6 Å². The number of carboxylic acid groups (broad SMARTS) is 1. The number of carboxylic acids is 1. The van der Waals surface area contributed by atoms with Gasteiger partial charge < -0.3 is 20.5 Å². The Balaban J connectivity index is 1.24. The highest BCUT2D eigenvalue weighted by Gasteiger charge is 2.29. The first-order valence-corrected chi connectivity index (χ1v) is 11.0. The second kappa shape index (κ2) is 10.2. The standard InChI is InChI=1S/C26H25N3O5/c1-16(24(30)29-18-12-17(25(31)32)13-27-14-18)10-11-28-26(33)34-15-23-21-8-4-2-6-19(21)20-7-3-5-9-22(20)23/h2-9,12-14,16,23H,10-11,15H2,1H3,(H,28,33)(H,29,30)(H,31,32). The number of carbonyl (C=O) groups excluding carboxylic acids is 2. The van der Waals surface area contributed by atoms with Crippen molar-refractivity contribution in [3.63, 3.8) is 0 Å². The Morgan fingerprint density at radius 2 is 1.68 bits per heavy atom. The minimum atomic E-state index is -1.12. The van der Waals surface area contributed by atoms with Crippen molar-refractivity contribution < 1.29 is 24.2 Å². The van der Waals surface area contributed by atoms with Crippen LogP contribution < -0.4 is 10.6 Å². The number of hydrogen-bond donors (Lipinski definition) is 3. The van der Waals surface area contributed by atoms with Gasteiger partial charge >= 0.3 is 12.1 Å². The second-order valence-corrected chi connectivity index (χ2v) is 8.20. The predicted molar refractivity (Wildman–Crippen MR) is 127 cm³/mol. The van der Waals surface area contributed by atoms with Crippen molar-refractivity contribution in [2.75, 3.05) is 18.5 Å². The number of nitrogens with zero attached hydrogens (tertiary/aromatic N) is 1. The number of aromatic nitrogens is 1. The number of fused-ring (bicyclic) bond motifs is 3. The number of alkyl carbamates (subject to hydrolysis) is 1. The highest BCUT2D eigenvalue weighted by Crippen LogP contribution is 2.44. The number of carbonyl (C=O) groups is 3. The lowest BCUT2D eigenvalue weighted by atomic mass is 9.98. The van der Waals surface area contributed by atoms with E-state index in [1.807, 2.05) is 24.3 Å². The van der Waals surface area contributed by atoms with Gasteiger partial charge in [-0.2, -0.15) is 0 Å². The van der Waals surface area contributed by atoms with Gasteiger partial charge in [0.25, 0.3) is 0 Å². The van der Waals surface area contributed by atoms with Gasteiger partial charge in [-0.05, 0) is 34.7 Å². The molecule has 0 spiro atoms. The Kier molecular flexibility index (Phi) is 6.87. The van der Waals surface area contributed by atoms with E-state index in [9.17, 15) is 14.4 Å². The van der Waals surface area contributed by atoms with Crippen LogP contribution in [0.1, 0.15) is 40.7 Å². The van der Waals surface area contributed by atoms with Gasteiger partial charge in [-0.25, -0.2) is 9.59 Å². The average Bonchev–Trinajstić information content (AvgIpc) is 3.16. The molecular weight excluding hydrogens is 434 g/mol. The lowest BCUT2D eigenvalue weighted by Crippen LogP contribution is -2.30. The van der Waals surface area contributed by atoms with Crippen molar-refractivity contribution in [2.24, 2.45) is 5.92 Å². The number of ether oxygens (including phenoxy) is 1. The summed E-state index contributed by atoms with van der Waals surface area (Å²) in [6, 6.07) is 17.6. The maximum atomic E-state index is 12.4. The molecule has 1 aliphatic carbocycles. The molecule has 4 rings (SSSR count). The molecule has 0 saturated heterocycles. The molecule has 0 saturated carbocycles. The summed E-state index contributed by atoms with van der Waals surface area (Å²) >= 11 is 0. The fourth-order valence-corrected chi connectivity index (χ4v) is 4.06. The molecule has 1 aliphatic rings. The smallest absolute Gasteiger partial charge is 0.407 e. The molecule has 8 heteroatoms. The van der Waals surface area contributed by atoms with Gasteiger partial charge in [0.1, 0.15) is 6.61 Å². The molecule has 0 bridgehead atoms. The maximum Gasteiger partial charge on any atom is 0.407 e. The zero-order valence-corrected chi connectivity index (χ0v) is 18.7. The van der Waals surface area contributed by atoms with Gasteiger partial charge in [-0.1, -0.05) is 55.5 Å². The first-order chi connectivity index (χ1) is 16.4. The van der Waals surface area contributed by atoms with E-state index in [1.54, 1.807) is 6.92 Å². The van der Waals surface area contributed by atoms with Crippen LogP contribution in [0.25, 0.3) is 11.1 Å². The molecule has 2 aromatic carbocycles. The third-order valence-corrected chi connectivity index (χ3v) is 5.89. The van der Waals surface area contributed by atoms with E-state index in [2.05, 4.69) is 39.9 Å². The monoisotopic (exact) mass is 459 g/mol. The fraction of sp³-hybridized carbons (Fsp3) is 0.231. The van der Waals surface area contributed by atoms with Crippen LogP contribution in [0, 0.1) is 5.92 Å². The fourth-order valence-electron chi connectivity index (χ4n) is 4.06. The van der Waals surface area contributed by atoms with Gasteiger partial charge in [0.05, 0.1) is 17.4 Å². The summed E-state index contributed by atoms with van der Waals surface area (Å²) < 4.78 is 5.50. The second-order valence-electron chi connectivity index (χ2n) is 8.20. The number of rotatable bonds is 8. The molecule has 174 valence electrons. The summed E-state index contributed by atoms with van der Waals surface area (Å²) in [7, 11) is 0. The first-order valence-electron chi connectivity index (χ1n) is 11.0. The molecule has 1 atom stereocenters. The molecule has 1 unspecified atom stereocenters. The van der Waals surface area contributed by atoms with E-state index in [1.165, 1.54) is 18.5 Å². The maximum absolute atomic E-state index is 12.4. The van der Waals surface area contributed by atoms with Crippen LogP contribution in [0.4, 0.5) is 10.5 Å². The largest absolute Gasteiger partial charge is 0.478 e. The van der Waals surface area contributed by atoms with Gasteiger partial charge in [-0.3, -0.25) is 9.78 Å². The molecule has 1 aromatic heterocycles. The number of amides is 2. The van der Waals surface area contributed by atoms with Crippen LogP contribution in [-0.4, -0.2) is 41.2 Å². The zero-order chi connectivity index (χ0) is 24.1. The predicted octanol–water partition coefficient (Wildman–Crippen LogP) is 4.28. The Bertz CT molecular complexity index is 1180. The van der Waals surface area contributed by atoms with E-state index < -0.39 is 18.0 Å². The Morgan fingerprint density at radius 1 is 1.03 bits per heavy atom. The Labute approximate surface area is 197 Å². The summed E-state index contributed by atoms with van der Waals surface area (Å²) in [5.74, 6) is -1.84. The van der Waals surface area contributed by atoms with Gasteiger partial charge in [0.15, 0.2) is 0 Å². The van der Waals surface area contributed by atoms with Crippen molar-refractivity contribution in [3.05, 3.63) is 83.7 Å². The van der Waals surface area contributed by atoms with Crippen molar-refractivity contribution >= 4 is 23.7 Å². The third kappa shape index (κ3) is 5.06. The first kappa shape index (κ1) is 23.0. The molecule has 1 heterocycles. The van der Waals surface area contributed by atoms with Crippen molar-refractivity contribution in [1.29, 1.82) is 0 Å². The van der Waals surface area contributed by atoms with E-state index in [-0.39, 0.29) is 30.5 Å². The average molecular weight is 460 g/mol. The molecule has 0 fully saturated rings. The topological polar surface area (TPSA) is 118 Å².